The van der Waals surface area contributed by atoms with E-state index in [4.69, 9.17) is 0 Å². The van der Waals surface area contributed by atoms with Gasteiger partial charge in [-0.25, -0.2) is 0 Å². The fraction of sp³-hybridized carbons (Fsp3) is 0.667. The Morgan fingerprint density at radius 1 is 1.80 bits per heavy atom. The Morgan fingerprint density at radius 2 is 2.67 bits per heavy atom. The average Bonchev–Trinajstić information content (AvgIpc) is 2.85. The van der Waals surface area contributed by atoms with Gasteiger partial charge in [-0.2, -0.15) is 0 Å². The van der Waals surface area contributed by atoms with Crippen LogP contribution in [0, 0.1) is 0 Å². The van der Waals surface area contributed by atoms with E-state index in [0.717, 1.165) is 25.2 Å². The summed E-state index contributed by atoms with van der Waals surface area (Å²) in [4.78, 5) is 11.6. The molecule has 1 aromatic heterocycles. The molecule has 1 aliphatic heterocycles. The highest BCUT2D eigenvalue weighted by Gasteiger charge is 2.21. The van der Waals surface area contributed by atoms with E-state index < -0.39 is 0 Å². The Labute approximate surface area is 88.1 Å². The summed E-state index contributed by atoms with van der Waals surface area (Å²) in [5.74, 6) is 0.817. The van der Waals surface area contributed by atoms with Crippen LogP contribution < -0.4 is 10.6 Å². The van der Waals surface area contributed by atoms with Crippen LogP contribution in [-0.2, 0) is 18.4 Å². The number of nitrogens with zero attached hydrogens (tertiary/aromatic N) is 3. The molecule has 6 nitrogen and oxygen atoms in total. The molecule has 0 radical (unpaired) electrons. The van der Waals surface area contributed by atoms with E-state index in [1.165, 1.54) is 0 Å². The third kappa shape index (κ3) is 2.33. The normalized spacial score (nSPS) is 20.5. The maximum atomic E-state index is 11.6. The van der Waals surface area contributed by atoms with E-state index in [2.05, 4.69) is 20.8 Å². The molecule has 0 bridgehead atoms. The van der Waals surface area contributed by atoms with Crippen LogP contribution in [0.2, 0.25) is 0 Å². The van der Waals surface area contributed by atoms with Gasteiger partial charge in [-0.3, -0.25) is 4.79 Å². The largest absolute Gasteiger partial charge is 0.347 e. The number of nitrogens with one attached hydrogen (secondary N) is 2. The molecular formula is C9H15N5O. The molecule has 0 saturated carbocycles. The first kappa shape index (κ1) is 10.1. The van der Waals surface area contributed by atoms with Crippen molar-refractivity contribution in [2.24, 2.45) is 7.05 Å². The highest BCUT2D eigenvalue weighted by molar-refractivity contribution is 5.81. The fourth-order valence-corrected chi connectivity index (χ4v) is 1.66. The zero-order valence-electron chi connectivity index (χ0n) is 8.73. The molecule has 15 heavy (non-hydrogen) atoms. The van der Waals surface area contributed by atoms with Crippen molar-refractivity contribution in [3.63, 3.8) is 0 Å². The minimum absolute atomic E-state index is 0.0294. The van der Waals surface area contributed by atoms with E-state index in [9.17, 15) is 4.79 Å². The van der Waals surface area contributed by atoms with Gasteiger partial charge in [-0.1, -0.05) is 0 Å². The Hall–Kier alpha value is -1.43. The minimum Gasteiger partial charge on any atom is -0.347 e. The molecule has 0 spiro atoms. The predicted molar refractivity (Wildman–Crippen MR) is 53.9 cm³/mol. The van der Waals surface area contributed by atoms with Gasteiger partial charge < -0.3 is 15.2 Å². The van der Waals surface area contributed by atoms with Crippen LogP contribution in [0.15, 0.2) is 6.33 Å². The van der Waals surface area contributed by atoms with Crippen LogP contribution in [0.3, 0.4) is 0 Å². The molecule has 1 fully saturated rings. The van der Waals surface area contributed by atoms with Gasteiger partial charge in [0.05, 0.1) is 12.6 Å². The summed E-state index contributed by atoms with van der Waals surface area (Å²) < 4.78 is 1.79. The van der Waals surface area contributed by atoms with Crippen molar-refractivity contribution in [2.75, 3.05) is 6.54 Å². The zero-order valence-corrected chi connectivity index (χ0v) is 8.73. The maximum absolute atomic E-state index is 11.6. The molecule has 0 aliphatic carbocycles. The number of aromatic nitrogens is 3. The summed E-state index contributed by atoms with van der Waals surface area (Å²) >= 11 is 0. The summed E-state index contributed by atoms with van der Waals surface area (Å²) in [6.45, 7) is 1.37. The van der Waals surface area contributed by atoms with Gasteiger partial charge in [0, 0.05) is 7.05 Å². The lowest BCUT2D eigenvalue weighted by molar-refractivity contribution is -0.123. The van der Waals surface area contributed by atoms with Crippen LogP contribution in [0.1, 0.15) is 18.7 Å². The molecule has 0 aromatic carbocycles. The Kier molecular flexibility index (Phi) is 2.96. The van der Waals surface area contributed by atoms with Gasteiger partial charge in [-0.05, 0) is 19.4 Å². The lowest BCUT2D eigenvalue weighted by Gasteiger charge is -2.10. The van der Waals surface area contributed by atoms with E-state index in [1.807, 2.05) is 7.05 Å². The molecule has 1 saturated heterocycles. The lowest BCUT2D eigenvalue weighted by Crippen LogP contribution is -2.40. The van der Waals surface area contributed by atoms with Gasteiger partial charge >= 0.3 is 0 Å². The third-order valence-electron chi connectivity index (χ3n) is 2.60. The van der Waals surface area contributed by atoms with Crippen LogP contribution in [0.5, 0.6) is 0 Å². The van der Waals surface area contributed by atoms with E-state index in [-0.39, 0.29) is 11.9 Å². The van der Waals surface area contributed by atoms with Crippen molar-refractivity contribution < 1.29 is 4.79 Å². The van der Waals surface area contributed by atoms with Gasteiger partial charge in [0.15, 0.2) is 5.82 Å². The first-order valence-corrected chi connectivity index (χ1v) is 5.11. The van der Waals surface area contributed by atoms with Crippen molar-refractivity contribution in [3.05, 3.63) is 12.2 Å². The fourth-order valence-electron chi connectivity index (χ4n) is 1.66. The van der Waals surface area contributed by atoms with E-state index >= 15 is 0 Å². The topological polar surface area (TPSA) is 71.8 Å². The number of aryl methyl sites for hydroxylation is 1. The van der Waals surface area contributed by atoms with Crippen molar-refractivity contribution in [2.45, 2.75) is 25.4 Å². The predicted octanol–water partition coefficient (Wildman–Crippen LogP) is -0.817. The molecular weight excluding hydrogens is 194 g/mol. The molecule has 82 valence electrons. The van der Waals surface area contributed by atoms with Crippen LogP contribution in [0.25, 0.3) is 0 Å². The summed E-state index contributed by atoms with van der Waals surface area (Å²) in [5, 5.41) is 13.6. The Balaban J connectivity index is 1.83. The van der Waals surface area contributed by atoms with Crippen molar-refractivity contribution in [3.8, 4) is 0 Å². The second kappa shape index (κ2) is 4.39. The monoisotopic (exact) mass is 209 g/mol. The summed E-state index contributed by atoms with van der Waals surface area (Å²) in [5.41, 5.74) is 0. The molecule has 1 amide bonds. The van der Waals surface area contributed by atoms with Gasteiger partial charge in [0.1, 0.15) is 6.33 Å². The lowest BCUT2D eigenvalue weighted by atomic mass is 10.2. The molecule has 1 unspecified atom stereocenters. The summed E-state index contributed by atoms with van der Waals surface area (Å²) in [7, 11) is 1.86. The van der Waals surface area contributed by atoms with Crippen molar-refractivity contribution in [1.82, 2.24) is 25.4 Å². The summed E-state index contributed by atoms with van der Waals surface area (Å²) in [6, 6.07) is -0.0294. The first-order valence-electron chi connectivity index (χ1n) is 5.11. The molecule has 2 heterocycles. The number of hydrogen-bond donors (Lipinski definition) is 2. The average molecular weight is 209 g/mol. The highest BCUT2D eigenvalue weighted by Crippen LogP contribution is 2.04. The number of rotatable bonds is 3. The van der Waals surface area contributed by atoms with E-state index in [0.29, 0.717) is 6.54 Å². The molecule has 1 aliphatic rings. The highest BCUT2D eigenvalue weighted by atomic mass is 16.2. The van der Waals surface area contributed by atoms with Gasteiger partial charge in [0.25, 0.3) is 0 Å². The SMILES string of the molecule is Cn1cnnc1CNC(=O)C1CCCN1. The Morgan fingerprint density at radius 3 is 3.27 bits per heavy atom. The van der Waals surface area contributed by atoms with Crippen LogP contribution >= 0.6 is 0 Å². The summed E-state index contributed by atoms with van der Waals surface area (Å²) in [6.07, 6.45) is 3.61. The Bertz CT molecular complexity index is 342. The zero-order chi connectivity index (χ0) is 10.7. The second-order valence-electron chi connectivity index (χ2n) is 3.72. The number of amides is 1. The molecule has 1 atom stereocenters. The molecule has 2 rings (SSSR count). The first-order chi connectivity index (χ1) is 7.27. The molecule has 1 aromatic rings. The number of carbonyl (C=O) groups excluding carboxylic acids is 1. The second-order valence-corrected chi connectivity index (χ2v) is 3.72. The van der Waals surface area contributed by atoms with Gasteiger partial charge in [-0.15, -0.1) is 10.2 Å². The molecule has 2 N–H and O–H groups in total. The van der Waals surface area contributed by atoms with Crippen LogP contribution in [0.4, 0.5) is 0 Å². The minimum atomic E-state index is -0.0294. The quantitative estimate of drug-likeness (QED) is 0.682. The van der Waals surface area contributed by atoms with E-state index in [1.54, 1.807) is 10.9 Å². The van der Waals surface area contributed by atoms with Crippen LogP contribution in [-0.4, -0.2) is 33.3 Å². The number of hydrogen-bond acceptors (Lipinski definition) is 4. The third-order valence-corrected chi connectivity index (χ3v) is 2.60. The standard InChI is InChI=1S/C9H15N5O/c1-14-6-12-13-8(14)5-11-9(15)7-3-2-4-10-7/h6-7,10H,2-5H2,1H3,(H,11,15). The van der Waals surface area contributed by atoms with Crippen molar-refractivity contribution >= 4 is 5.91 Å². The molecule has 6 heteroatoms. The van der Waals surface area contributed by atoms with Crippen molar-refractivity contribution in [1.29, 1.82) is 0 Å². The van der Waals surface area contributed by atoms with Gasteiger partial charge in [0.2, 0.25) is 5.91 Å². The smallest absolute Gasteiger partial charge is 0.237 e. The number of carbonyl (C=O) groups is 1. The maximum Gasteiger partial charge on any atom is 0.237 e.